The van der Waals surface area contributed by atoms with Gasteiger partial charge in [-0.05, 0) is 26.3 Å². The van der Waals surface area contributed by atoms with Crippen LogP contribution in [0.3, 0.4) is 0 Å². The van der Waals surface area contributed by atoms with E-state index >= 15 is 0 Å². The third-order valence-corrected chi connectivity index (χ3v) is 4.99. The van der Waals surface area contributed by atoms with Crippen LogP contribution in [0.5, 0.6) is 0 Å². The number of ether oxygens (including phenoxy) is 1. The fourth-order valence-corrected chi connectivity index (χ4v) is 3.61. The van der Waals surface area contributed by atoms with Crippen molar-refractivity contribution in [1.29, 1.82) is 0 Å². The normalized spacial score (nSPS) is 15.0. The van der Waals surface area contributed by atoms with Crippen LogP contribution in [0.25, 0.3) is 0 Å². The minimum atomic E-state index is -0.242. The lowest BCUT2D eigenvalue weighted by Crippen LogP contribution is -2.41. The Kier molecular flexibility index (Phi) is 6.38. The van der Waals surface area contributed by atoms with Crippen LogP contribution in [0.2, 0.25) is 0 Å². The van der Waals surface area contributed by atoms with E-state index in [0.717, 1.165) is 24.2 Å². The van der Waals surface area contributed by atoms with Crippen LogP contribution < -0.4 is 10.2 Å². The fourth-order valence-electron chi connectivity index (χ4n) is 2.87. The molecule has 3 rings (SSSR count). The van der Waals surface area contributed by atoms with E-state index in [9.17, 15) is 4.79 Å². The van der Waals surface area contributed by atoms with Crippen LogP contribution >= 0.6 is 11.8 Å². The highest BCUT2D eigenvalue weighted by molar-refractivity contribution is 7.99. The SMILES string of the molecule is CC(C)(C)NC(=O)CSc1nnc(N2CCOCC2)n1Cc1ccccc1. The summed E-state index contributed by atoms with van der Waals surface area (Å²) in [7, 11) is 0. The van der Waals surface area contributed by atoms with Gasteiger partial charge in [-0.25, -0.2) is 0 Å². The number of anilines is 1. The van der Waals surface area contributed by atoms with E-state index in [-0.39, 0.29) is 11.4 Å². The first-order chi connectivity index (χ1) is 12.9. The van der Waals surface area contributed by atoms with E-state index < -0.39 is 0 Å². The molecule has 0 radical (unpaired) electrons. The number of benzene rings is 1. The van der Waals surface area contributed by atoms with Crippen LogP contribution in [0.1, 0.15) is 26.3 Å². The summed E-state index contributed by atoms with van der Waals surface area (Å²) in [5, 5.41) is 12.5. The Balaban J connectivity index is 1.78. The van der Waals surface area contributed by atoms with Crippen molar-refractivity contribution in [1.82, 2.24) is 20.1 Å². The van der Waals surface area contributed by atoms with Gasteiger partial charge in [0.2, 0.25) is 11.9 Å². The van der Waals surface area contributed by atoms with Gasteiger partial charge in [0.1, 0.15) is 0 Å². The van der Waals surface area contributed by atoms with Gasteiger partial charge in [-0.2, -0.15) is 0 Å². The van der Waals surface area contributed by atoms with Gasteiger partial charge in [0.05, 0.1) is 25.5 Å². The zero-order chi connectivity index (χ0) is 19.3. The highest BCUT2D eigenvalue weighted by Crippen LogP contribution is 2.24. The van der Waals surface area contributed by atoms with Crippen molar-refractivity contribution < 1.29 is 9.53 Å². The molecule has 1 aromatic carbocycles. The first-order valence-electron chi connectivity index (χ1n) is 9.16. The van der Waals surface area contributed by atoms with Gasteiger partial charge in [0.15, 0.2) is 5.16 Å². The molecule has 0 saturated carbocycles. The van der Waals surface area contributed by atoms with E-state index in [2.05, 4.69) is 37.1 Å². The molecular weight excluding hydrogens is 362 g/mol. The first kappa shape index (κ1) is 19.7. The number of hydrogen-bond donors (Lipinski definition) is 1. The third-order valence-electron chi connectivity index (χ3n) is 4.02. The number of thioether (sulfide) groups is 1. The predicted molar refractivity (Wildman–Crippen MR) is 107 cm³/mol. The Morgan fingerprint density at radius 3 is 2.56 bits per heavy atom. The Labute approximate surface area is 164 Å². The number of nitrogens with one attached hydrogen (secondary N) is 1. The summed E-state index contributed by atoms with van der Waals surface area (Å²) >= 11 is 1.42. The molecule has 1 amide bonds. The lowest BCUT2D eigenvalue weighted by atomic mass is 10.1. The van der Waals surface area contributed by atoms with E-state index in [0.29, 0.717) is 25.5 Å². The monoisotopic (exact) mass is 389 g/mol. The van der Waals surface area contributed by atoms with Gasteiger partial charge in [-0.3, -0.25) is 9.36 Å². The van der Waals surface area contributed by atoms with Crippen molar-refractivity contribution in [3.63, 3.8) is 0 Å². The largest absolute Gasteiger partial charge is 0.378 e. The number of carbonyl (C=O) groups is 1. The third kappa shape index (κ3) is 5.71. The topological polar surface area (TPSA) is 72.3 Å². The molecule has 1 fully saturated rings. The number of carbonyl (C=O) groups excluding carboxylic acids is 1. The van der Waals surface area contributed by atoms with Gasteiger partial charge in [-0.1, -0.05) is 42.1 Å². The molecule has 27 heavy (non-hydrogen) atoms. The molecule has 1 aliphatic rings. The first-order valence-corrected chi connectivity index (χ1v) is 10.1. The van der Waals surface area contributed by atoms with Crippen molar-refractivity contribution in [2.75, 3.05) is 37.0 Å². The molecule has 0 aliphatic carbocycles. The summed E-state index contributed by atoms with van der Waals surface area (Å²) in [6.45, 7) is 9.56. The molecule has 0 bridgehead atoms. The number of hydrogen-bond acceptors (Lipinski definition) is 6. The maximum Gasteiger partial charge on any atom is 0.230 e. The van der Waals surface area contributed by atoms with Crippen molar-refractivity contribution in [3.8, 4) is 0 Å². The van der Waals surface area contributed by atoms with E-state index in [1.165, 1.54) is 17.3 Å². The highest BCUT2D eigenvalue weighted by Gasteiger charge is 2.22. The lowest BCUT2D eigenvalue weighted by Gasteiger charge is -2.28. The minimum absolute atomic E-state index is 0.00492. The Bertz CT molecular complexity index is 751. The van der Waals surface area contributed by atoms with Crippen LogP contribution in [0.4, 0.5) is 5.95 Å². The van der Waals surface area contributed by atoms with Crippen LogP contribution in [0, 0.1) is 0 Å². The predicted octanol–water partition coefficient (Wildman–Crippen LogP) is 2.17. The molecule has 2 aromatic rings. The number of aromatic nitrogens is 3. The molecule has 146 valence electrons. The second-order valence-electron chi connectivity index (χ2n) is 7.54. The second kappa shape index (κ2) is 8.75. The molecule has 2 heterocycles. The molecule has 0 unspecified atom stereocenters. The molecule has 1 aliphatic heterocycles. The zero-order valence-corrected chi connectivity index (χ0v) is 17.0. The molecule has 0 spiro atoms. The highest BCUT2D eigenvalue weighted by atomic mass is 32.2. The number of amides is 1. The maximum absolute atomic E-state index is 12.2. The Hall–Kier alpha value is -2.06. The summed E-state index contributed by atoms with van der Waals surface area (Å²) < 4.78 is 7.55. The average Bonchev–Trinajstić information content (AvgIpc) is 3.03. The summed E-state index contributed by atoms with van der Waals surface area (Å²) in [6, 6.07) is 10.2. The van der Waals surface area contributed by atoms with Crippen LogP contribution in [-0.2, 0) is 16.1 Å². The maximum atomic E-state index is 12.2. The smallest absolute Gasteiger partial charge is 0.230 e. The van der Waals surface area contributed by atoms with E-state index in [4.69, 9.17) is 4.74 Å². The molecule has 0 atom stereocenters. The molecule has 1 saturated heterocycles. The molecule has 1 N–H and O–H groups in total. The van der Waals surface area contributed by atoms with Gasteiger partial charge < -0.3 is 15.0 Å². The van der Waals surface area contributed by atoms with Gasteiger partial charge in [0.25, 0.3) is 0 Å². The lowest BCUT2D eigenvalue weighted by molar-refractivity contribution is -0.119. The molecule has 8 heteroatoms. The van der Waals surface area contributed by atoms with E-state index in [1.54, 1.807) is 0 Å². The summed E-state index contributed by atoms with van der Waals surface area (Å²) in [5.41, 5.74) is 0.932. The van der Waals surface area contributed by atoms with E-state index in [1.807, 2.05) is 39.0 Å². The van der Waals surface area contributed by atoms with Gasteiger partial charge in [0, 0.05) is 18.6 Å². The van der Waals surface area contributed by atoms with Crippen molar-refractivity contribution in [2.45, 2.75) is 38.0 Å². The van der Waals surface area contributed by atoms with Crippen LogP contribution in [0.15, 0.2) is 35.5 Å². The van der Waals surface area contributed by atoms with Crippen LogP contribution in [-0.4, -0.2) is 58.3 Å². The van der Waals surface area contributed by atoms with Gasteiger partial charge in [-0.15, -0.1) is 10.2 Å². The number of nitrogens with zero attached hydrogens (tertiary/aromatic N) is 4. The summed E-state index contributed by atoms with van der Waals surface area (Å²) in [6.07, 6.45) is 0. The van der Waals surface area contributed by atoms with Crippen molar-refractivity contribution in [3.05, 3.63) is 35.9 Å². The fraction of sp³-hybridized carbons (Fsp3) is 0.526. The zero-order valence-electron chi connectivity index (χ0n) is 16.1. The summed E-state index contributed by atoms with van der Waals surface area (Å²) in [4.78, 5) is 14.4. The molecule has 7 nitrogen and oxygen atoms in total. The summed E-state index contributed by atoms with van der Waals surface area (Å²) in [5.74, 6) is 1.14. The average molecular weight is 390 g/mol. The Morgan fingerprint density at radius 2 is 1.89 bits per heavy atom. The molecular formula is C19H27N5O2S. The van der Waals surface area contributed by atoms with Crippen molar-refractivity contribution >= 4 is 23.6 Å². The second-order valence-corrected chi connectivity index (χ2v) is 8.48. The van der Waals surface area contributed by atoms with Crippen molar-refractivity contribution in [2.24, 2.45) is 0 Å². The Morgan fingerprint density at radius 1 is 1.19 bits per heavy atom. The van der Waals surface area contributed by atoms with Gasteiger partial charge >= 0.3 is 0 Å². The quantitative estimate of drug-likeness (QED) is 0.764. The number of morpholine rings is 1. The standard InChI is InChI=1S/C19H27N5O2S/c1-19(2,3)20-16(25)14-27-18-22-21-17(23-9-11-26-12-10-23)24(18)13-15-7-5-4-6-8-15/h4-8H,9-14H2,1-3H3,(H,20,25). The number of rotatable bonds is 6. The molecule has 1 aromatic heterocycles. The minimum Gasteiger partial charge on any atom is -0.378 e.